The number of rotatable bonds is 2. The molecule has 7 heteroatoms. The molecule has 3 aliphatic rings. The average molecular weight is 424 g/mol. The molecule has 0 radical (unpaired) electrons. The molecule has 3 aliphatic heterocycles. The third kappa shape index (κ3) is 3.55. The fourth-order valence-corrected chi connectivity index (χ4v) is 5.36. The van der Waals surface area contributed by atoms with Crippen molar-refractivity contribution in [2.75, 3.05) is 26.8 Å². The minimum atomic E-state index is -0.327. The van der Waals surface area contributed by atoms with Gasteiger partial charge in [-0.1, -0.05) is 0 Å². The van der Waals surface area contributed by atoms with Crippen LogP contribution in [-0.4, -0.2) is 53.2 Å². The van der Waals surface area contributed by atoms with Gasteiger partial charge < -0.3 is 19.1 Å². The Bertz CT molecular complexity index is 970. The predicted octanol–water partition coefficient (Wildman–Crippen LogP) is 3.66. The number of amides is 1. The summed E-state index contributed by atoms with van der Waals surface area (Å²) < 4.78 is 18.4. The third-order valence-corrected chi connectivity index (χ3v) is 7.27. The largest absolute Gasteiger partial charge is 0.497 e. The molecule has 1 spiro atoms. The summed E-state index contributed by atoms with van der Waals surface area (Å²) in [7, 11) is 1.68. The van der Waals surface area contributed by atoms with Gasteiger partial charge in [0.2, 0.25) is 0 Å². The molecular weight excluding hydrogens is 394 g/mol. The SMILES string of the molecule is COc1ccc2c(c1)[C@H]1OCC3(CCN(C(=O)c4cnccn4)CC3)C[C@@H]1C(C)(C)O2. The molecular formula is C24H29N3O4. The fourth-order valence-electron chi connectivity index (χ4n) is 5.36. The highest BCUT2D eigenvalue weighted by Crippen LogP contribution is 2.55. The second-order valence-corrected chi connectivity index (χ2v) is 9.53. The van der Waals surface area contributed by atoms with E-state index in [0.29, 0.717) is 25.4 Å². The maximum Gasteiger partial charge on any atom is 0.274 e. The van der Waals surface area contributed by atoms with E-state index < -0.39 is 0 Å². The van der Waals surface area contributed by atoms with Gasteiger partial charge >= 0.3 is 0 Å². The second kappa shape index (κ2) is 7.48. The number of fused-ring (bicyclic) bond motifs is 3. The monoisotopic (exact) mass is 423 g/mol. The summed E-state index contributed by atoms with van der Waals surface area (Å²) in [6.07, 6.45) is 7.54. The summed E-state index contributed by atoms with van der Waals surface area (Å²) in [5.41, 5.74) is 1.23. The number of methoxy groups -OCH3 is 1. The highest BCUT2D eigenvalue weighted by Gasteiger charge is 2.53. The van der Waals surface area contributed by atoms with Crippen LogP contribution in [0.25, 0.3) is 0 Å². The average Bonchev–Trinajstić information content (AvgIpc) is 2.79. The first kappa shape index (κ1) is 20.2. The first-order valence-corrected chi connectivity index (χ1v) is 10.9. The van der Waals surface area contributed by atoms with E-state index >= 15 is 0 Å². The smallest absolute Gasteiger partial charge is 0.274 e. The van der Waals surface area contributed by atoms with Gasteiger partial charge in [0.05, 0.1) is 26.0 Å². The zero-order chi connectivity index (χ0) is 21.6. The lowest BCUT2D eigenvalue weighted by Crippen LogP contribution is -2.54. The Morgan fingerprint density at radius 3 is 2.74 bits per heavy atom. The highest BCUT2D eigenvalue weighted by molar-refractivity contribution is 5.92. The van der Waals surface area contributed by atoms with Gasteiger partial charge in [-0.3, -0.25) is 9.78 Å². The summed E-state index contributed by atoms with van der Waals surface area (Å²) in [4.78, 5) is 22.8. The van der Waals surface area contributed by atoms with Crippen LogP contribution in [0.3, 0.4) is 0 Å². The molecule has 31 heavy (non-hydrogen) atoms. The lowest BCUT2D eigenvalue weighted by molar-refractivity contribution is -0.173. The van der Waals surface area contributed by atoms with Crippen LogP contribution < -0.4 is 9.47 Å². The van der Waals surface area contributed by atoms with Gasteiger partial charge in [0.1, 0.15) is 22.8 Å². The van der Waals surface area contributed by atoms with Gasteiger partial charge in [0.15, 0.2) is 0 Å². The number of ether oxygens (including phenoxy) is 3. The van der Waals surface area contributed by atoms with Crippen molar-refractivity contribution in [1.29, 1.82) is 0 Å². The molecule has 1 aromatic heterocycles. The van der Waals surface area contributed by atoms with E-state index in [4.69, 9.17) is 14.2 Å². The van der Waals surface area contributed by atoms with Crippen LogP contribution in [0.1, 0.15) is 55.3 Å². The highest BCUT2D eigenvalue weighted by atomic mass is 16.5. The maximum absolute atomic E-state index is 12.8. The summed E-state index contributed by atoms with van der Waals surface area (Å²) >= 11 is 0. The van der Waals surface area contributed by atoms with Gasteiger partial charge in [-0.25, -0.2) is 4.98 Å². The number of nitrogens with zero attached hydrogens (tertiary/aromatic N) is 3. The van der Waals surface area contributed by atoms with Crippen LogP contribution in [0, 0.1) is 11.3 Å². The molecule has 2 atom stereocenters. The second-order valence-electron chi connectivity index (χ2n) is 9.53. The van der Waals surface area contributed by atoms with Crippen LogP contribution in [0.4, 0.5) is 0 Å². The van der Waals surface area contributed by atoms with E-state index in [1.165, 1.54) is 6.20 Å². The van der Waals surface area contributed by atoms with Crippen LogP contribution in [0.5, 0.6) is 11.5 Å². The van der Waals surface area contributed by atoms with Crippen LogP contribution in [-0.2, 0) is 4.74 Å². The van der Waals surface area contributed by atoms with Crippen molar-refractivity contribution in [3.05, 3.63) is 48.0 Å². The molecule has 0 bridgehead atoms. The van der Waals surface area contributed by atoms with Gasteiger partial charge in [0, 0.05) is 37.0 Å². The Labute approximate surface area is 182 Å². The first-order valence-electron chi connectivity index (χ1n) is 10.9. The maximum atomic E-state index is 12.8. The molecule has 5 rings (SSSR count). The quantitative estimate of drug-likeness (QED) is 0.734. The summed E-state index contributed by atoms with van der Waals surface area (Å²) in [6, 6.07) is 5.96. The molecule has 2 fully saturated rings. The summed E-state index contributed by atoms with van der Waals surface area (Å²) in [5, 5.41) is 0. The minimum absolute atomic E-state index is 0.00118. The molecule has 0 saturated carbocycles. The first-order chi connectivity index (χ1) is 14.9. The van der Waals surface area contributed by atoms with Crippen molar-refractivity contribution in [1.82, 2.24) is 14.9 Å². The fraction of sp³-hybridized carbons (Fsp3) is 0.542. The van der Waals surface area contributed by atoms with E-state index in [0.717, 1.165) is 36.3 Å². The Morgan fingerprint density at radius 2 is 2.03 bits per heavy atom. The molecule has 2 saturated heterocycles. The normalized spacial score (nSPS) is 25.8. The number of aromatic nitrogens is 2. The van der Waals surface area contributed by atoms with Crippen molar-refractivity contribution in [2.24, 2.45) is 11.3 Å². The molecule has 7 nitrogen and oxygen atoms in total. The number of piperidine rings is 1. The zero-order valence-electron chi connectivity index (χ0n) is 18.3. The van der Waals surface area contributed by atoms with E-state index in [2.05, 4.69) is 23.8 Å². The number of likely N-dealkylation sites (tertiary alicyclic amines) is 1. The van der Waals surface area contributed by atoms with Crippen molar-refractivity contribution in [3.63, 3.8) is 0 Å². The van der Waals surface area contributed by atoms with Crippen LogP contribution >= 0.6 is 0 Å². The van der Waals surface area contributed by atoms with Crippen molar-refractivity contribution < 1.29 is 19.0 Å². The lowest BCUT2D eigenvalue weighted by atomic mass is 9.64. The van der Waals surface area contributed by atoms with E-state index in [1.54, 1.807) is 19.5 Å². The molecule has 1 aromatic carbocycles. The molecule has 4 heterocycles. The number of hydrogen-bond donors (Lipinski definition) is 0. The van der Waals surface area contributed by atoms with Gasteiger partial charge in [0.25, 0.3) is 5.91 Å². The summed E-state index contributed by atoms with van der Waals surface area (Å²) in [6.45, 7) is 6.44. The Morgan fingerprint density at radius 1 is 1.23 bits per heavy atom. The van der Waals surface area contributed by atoms with Gasteiger partial charge in [-0.05, 0) is 56.7 Å². The van der Waals surface area contributed by atoms with Crippen molar-refractivity contribution in [3.8, 4) is 11.5 Å². The topological polar surface area (TPSA) is 73.8 Å². The number of carbonyl (C=O) groups excluding carboxylic acids is 1. The number of benzene rings is 1. The molecule has 0 N–H and O–H groups in total. The van der Waals surface area contributed by atoms with Crippen LogP contribution in [0.2, 0.25) is 0 Å². The molecule has 0 aliphatic carbocycles. The Balaban J connectivity index is 1.33. The lowest BCUT2D eigenvalue weighted by Gasteiger charge is -2.54. The third-order valence-electron chi connectivity index (χ3n) is 7.27. The molecule has 2 aromatic rings. The molecule has 1 amide bonds. The minimum Gasteiger partial charge on any atom is -0.497 e. The zero-order valence-corrected chi connectivity index (χ0v) is 18.3. The van der Waals surface area contributed by atoms with E-state index in [9.17, 15) is 4.79 Å². The van der Waals surface area contributed by atoms with Crippen LogP contribution in [0.15, 0.2) is 36.8 Å². The molecule has 0 unspecified atom stereocenters. The Kier molecular flexibility index (Phi) is 4.88. The molecule has 164 valence electrons. The van der Waals surface area contributed by atoms with Gasteiger partial charge in [-0.15, -0.1) is 0 Å². The standard InChI is InChI=1S/C24H29N3O4/c1-23(2)18-13-24(6-10-27(11-7-24)22(28)19-14-25-8-9-26-19)15-30-21(18)17-12-16(29-3)4-5-20(17)31-23/h4-5,8-9,12,14,18,21H,6-7,10-11,13,15H2,1-3H3/t18-,21+/m0/s1. The summed E-state index contributed by atoms with van der Waals surface area (Å²) in [5.74, 6) is 1.90. The van der Waals surface area contributed by atoms with E-state index in [1.807, 2.05) is 23.1 Å². The van der Waals surface area contributed by atoms with Crippen molar-refractivity contribution in [2.45, 2.75) is 44.8 Å². The predicted molar refractivity (Wildman–Crippen MR) is 114 cm³/mol. The number of carbonyl (C=O) groups is 1. The van der Waals surface area contributed by atoms with E-state index in [-0.39, 0.29) is 28.9 Å². The number of hydrogen-bond acceptors (Lipinski definition) is 6. The van der Waals surface area contributed by atoms with Crippen molar-refractivity contribution >= 4 is 5.91 Å². The Hall–Kier alpha value is -2.67. The van der Waals surface area contributed by atoms with Gasteiger partial charge in [-0.2, -0.15) is 0 Å².